The fourth-order valence-electron chi connectivity index (χ4n) is 0.600. The molecule has 7 heteroatoms. The fourth-order valence-corrected chi connectivity index (χ4v) is 0.793. The summed E-state index contributed by atoms with van der Waals surface area (Å²) in [6.07, 6.45) is 0. The summed E-state index contributed by atoms with van der Waals surface area (Å²) in [4.78, 5) is 10.4. The molecule has 0 amide bonds. The molecular weight excluding hydrogens is 172 g/mol. The minimum absolute atomic E-state index is 0.0162. The normalized spacial score (nSPS) is 10.0. The van der Waals surface area contributed by atoms with Crippen molar-refractivity contribution in [3.8, 4) is 0 Å². The third-order valence-corrected chi connectivity index (χ3v) is 1.68. The molecule has 11 heavy (non-hydrogen) atoms. The summed E-state index contributed by atoms with van der Waals surface area (Å²) >= 11 is 5.50. The number of hydrogen-bond donors (Lipinski definition) is 1. The van der Waals surface area contributed by atoms with E-state index in [1.165, 1.54) is 0 Å². The van der Waals surface area contributed by atoms with E-state index in [1.807, 2.05) is 0 Å². The zero-order valence-corrected chi connectivity index (χ0v) is 6.37. The Morgan fingerprint density at radius 2 is 2.36 bits per heavy atom. The number of rotatable bonds is 1. The molecule has 60 valence electrons. The number of nitrogens with zero attached hydrogens (tertiary/aromatic N) is 3. The molecular formula is C4H5ClN4O2. The van der Waals surface area contributed by atoms with E-state index in [-0.39, 0.29) is 5.02 Å². The third-order valence-electron chi connectivity index (χ3n) is 1.23. The summed E-state index contributed by atoms with van der Waals surface area (Å²) in [5, 5.41) is 13.5. The summed E-state index contributed by atoms with van der Waals surface area (Å²) in [5.41, 5.74) is 0.373. The highest BCUT2D eigenvalue weighted by Crippen LogP contribution is 2.24. The van der Waals surface area contributed by atoms with E-state index >= 15 is 0 Å². The number of hydrogen-bond acceptors (Lipinski definition) is 4. The van der Waals surface area contributed by atoms with Gasteiger partial charge in [0.15, 0.2) is 5.02 Å². The van der Waals surface area contributed by atoms with Crippen molar-refractivity contribution in [1.29, 1.82) is 0 Å². The van der Waals surface area contributed by atoms with Gasteiger partial charge in [0, 0.05) is 0 Å². The van der Waals surface area contributed by atoms with Gasteiger partial charge in [-0.1, -0.05) is 16.4 Å². The molecule has 0 bridgehead atoms. The van der Waals surface area contributed by atoms with E-state index in [9.17, 15) is 10.1 Å². The Morgan fingerprint density at radius 1 is 1.82 bits per heavy atom. The molecule has 1 rings (SSSR count). The molecule has 0 spiro atoms. The maximum atomic E-state index is 10.2. The van der Waals surface area contributed by atoms with Crippen LogP contribution in [0.25, 0.3) is 0 Å². The highest BCUT2D eigenvalue weighted by atomic mass is 35.5. The summed E-state index contributed by atoms with van der Waals surface area (Å²) in [5.74, 6) is 4.79. The predicted octanol–water partition coefficient (Wildman–Crippen LogP) is 0.467. The summed E-state index contributed by atoms with van der Waals surface area (Å²) in [6, 6.07) is 0. The minimum atomic E-state index is -0.682. The maximum Gasteiger partial charge on any atom is 0.411 e. The lowest BCUT2D eigenvalue weighted by molar-refractivity contribution is -0.389. The average molecular weight is 177 g/mol. The summed E-state index contributed by atoms with van der Waals surface area (Å²) < 4.78 is 0. The van der Waals surface area contributed by atoms with Crippen molar-refractivity contribution in [2.24, 2.45) is 0 Å². The van der Waals surface area contributed by atoms with E-state index in [4.69, 9.17) is 17.4 Å². The van der Waals surface area contributed by atoms with Gasteiger partial charge in [0.1, 0.15) is 5.69 Å². The van der Waals surface area contributed by atoms with Crippen LogP contribution in [0, 0.1) is 17.0 Å². The second kappa shape index (κ2) is 2.39. The molecule has 0 unspecified atom stereocenters. The smallest absolute Gasteiger partial charge is 0.358 e. The SMILES string of the molecule is Cc1c(Cl)c([N+](=O)[O-])nn1N. The molecule has 2 N–H and O–H groups in total. The zero-order chi connectivity index (χ0) is 8.59. The lowest BCUT2D eigenvalue weighted by Crippen LogP contribution is -2.11. The first-order chi connectivity index (χ1) is 5.04. The standard InChI is InChI=1S/C4H5ClN4O2/c1-2-3(5)4(9(10)11)7-8(2)6/h6H2,1H3. The van der Waals surface area contributed by atoms with Crippen molar-refractivity contribution in [3.63, 3.8) is 0 Å². The van der Waals surface area contributed by atoms with Crippen LogP contribution in [0.15, 0.2) is 0 Å². The molecule has 0 fully saturated rings. The summed E-state index contributed by atoms with van der Waals surface area (Å²) in [7, 11) is 0. The van der Waals surface area contributed by atoms with Gasteiger partial charge in [-0.15, -0.1) is 0 Å². The monoisotopic (exact) mass is 176 g/mol. The Morgan fingerprint density at radius 3 is 2.55 bits per heavy atom. The van der Waals surface area contributed by atoms with E-state index in [0.29, 0.717) is 5.69 Å². The molecule has 0 aliphatic carbocycles. The molecule has 0 saturated carbocycles. The Labute approximate surface area is 66.7 Å². The lowest BCUT2D eigenvalue weighted by atomic mass is 10.5. The number of nitrogens with two attached hydrogens (primary N) is 1. The Hall–Kier alpha value is -1.30. The predicted molar refractivity (Wildman–Crippen MR) is 38.8 cm³/mol. The van der Waals surface area contributed by atoms with Crippen molar-refractivity contribution in [2.45, 2.75) is 6.92 Å². The highest BCUT2D eigenvalue weighted by Gasteiger charge is 2.22. The van der Waals surface area contributed by atoms with Crippen LogP contribution in [0.4, 0.5) is 5.82 Å². The molecule has 1 aromatic rings. The largest absolute Gasteiger partial charge is 0.411 e. The number of halogens is 1. The topological polar surface area (TPSA) is 87.0 Å². The third kappa shape index (κ3) is 1.12. The quantitative estimate of drug-likeness (QED) is 0.383. The molecule has 0 atom stereocenters. The van der Waals surface area contributed by atoms with Gasteiger partial charge in [0.05, 0.1) is 5.10 Å². The highest BCUT2D eigenvalue weighted by molar-refractivity contribution is 6.33. The Bertz CT molecular complexity index is 307. The fraction of sp³-hybridized carbons (Fsp3) is 0.250. The molecule has 6 nitrogen and oxygen atoms in total. The molecule has 0 aliphatic rings. The van der Waals surface area contributed by atoms with Gasteiger partial charge in [0.25, 0.3) is 0 Å². The van der Waals surface area contributed by atoms with Crippen molar-refractivity contribution >= 4 is 17.4 Å². The molecule has 0 aliphatic heterocycles. The first-order valence-corrected chi connectivity index (χ1v) is 3.06. The van der Waals surface area contributed by atoms with E-state index in [0.717, 1.165) is 4.79 Å². The second-order valence-electron chi connectivity index (χ2n) is 1.92. The number of nitro groups is 1. The van der Waals surface area contributed by atoms with Crippen LogP contribution in [-0.4, -0.2) is 14.8 Å². The maximum absolute atomic E-state index is 10.2. The molecule has 0 radical (unpaired) electrons. The van der Waals surface area contributed by atoms with Gasteiger partial charge < -0.3 is 16.0 Å². The van der Waals surface area contributed by atoms with Crippen molar-refractivity contribution in [3.05, 3.63) is 20.8 Å². The van der Waals surface area contributed by atoms with Crippen LogP contribution in [0.3, 0.4) is 0 Å². The van der Waals surface area contributed by atoms with Crippen LogP contribution in [0.5, 0.6) is 0 Å². The first-order valence-electron chi connectivity index (χ1n) is 2.68. The van der Waals surface area contributed by atoms with E-state index < -0.39 is 10.7 Å². The molecule has 0 saturated heterocycles. The van der Waals surface area contributed by atoms with Crippen LogP contribution in [0.2, 0.25) is 5.02 Å². The van der Waals surface area contributed by atoms with Crippen molar-refractivity contribution in [1.82, 2.24) is 9.89 Å². The minimum Gasteiger partial charge on any atom is -0.358 e. The van der Waals surface area contributed by atoms with Crippen LogP contribution >= 0.6 is 11.6 Å². The molecule has 0 aromatic carbocycles. The van der Waals surface area contributed by atoms with Crippen molar-refractivity contribution in [2.75, 3.05) is 5.84 Å². The van der Waals surface area contributed by atoms with Crippen molar-refractivity contribution < 1.29 is 4.92 Å². The van der Waals surface area contributed by atoms with E-state index in [2.05, 4.69) is 5.10 Å². The lowest BCUT2D eigenvalue weighted by Gasteiger charge is -1.85. The number of nitrogen functional groups attached to an aromatic ring is 1. The van der Waals surface area contributed by atoms with Gasteiger partial charge in [-0.05, 0) is 11.8 Å². The van der Waals surface area contributed by atoms with Gasteiger partial charge in [-0.2, -0.15) is 0 Å². The molecule has 1 aromatic heterocycles. The van der Waals surface area contributed by atoms with Gasteiger partial charge >= 0.3 is 5.82 Å². The van der Waals surface area contributed by atoms with E-state index in [1.54, 1.807) is 6.92 Å². The first kappa shape index (κ1) is 7.80. The van der Waals surface area contributed by atoms with Crippen LogP contribution in [-0.2, 0) is 0 Å². The summed E-state index contributed by atoms with van der Waals surface area (Å²) in [6.45, 7) is 1.54. The molecule has 1 heterocycles. The zero-order valence-electron chi connectivity index (χ0n) is 5.61. The Kier molecular flexibility index (Phi) is 1.69. The second-order valence-corrected chi connectivity index (χ2v) is 2.30. The average Bonchev–Trinajstić information content (AvgIpc) is 2.17. The van der Waals surface area contributed by atoms with Crippen LogP contribution < -0.4 is 5.84 Å². The Balaban J connectivity index is 3.29. The van der Waals surface area contributed by atoms with Crippen LogP contribution in [0.1, 0.15) is 5.69 Å². The van der Waals surface area contributed by atoms with Gasteiger partial charge in [-0.25, -0.2) is 0 Å². The van der Waals surface area contributed by atoms with Gasteiger partial charge in [0.2, 0.25) is 0 Å². The van der Waals surface area contributed by atoms with Gasteiger partial charge in [-0.3, -0.25) is 0 Å². The number of aromatic nitrogens is 2.